The van der Waals surface area contributed by atoms with Gasteiger partial charge in [0.15, 0.2) is 9.84 Å². The van der Waals surface area contributed by atoms with Crippen molar-refractivity contribution in [1.29, 1.82) is 0 Å². The monoisotopic (exact) mass is 275 g/mol. The van der Waals surface area contributed by atoms with Crippen LogP contribution in [0, 0.1) is 11.8 Å². The topological polar surface area (TPSA) is 55.4 Å². The third-order valence-electron chi connectivity index (χ3n) is 4.10. The number of nitrogens with one attached hydrogen (secondary N) is 1. The van der Waals surface area contributed by atoms with Crippen molar-refractivity contribution in [3.63, 3.8) is 0 Å². The highest BCUT2D eigenvalue weighted by atomic mass is 32.2. The second-order valence-corrected chi connectivity index (χ2v) is 7.92. The van der Waals surface area contributed by atoms with Crippen LogP contribution in [0.2, 0.25) is 0 Å². The van der Waals surface area contributed by atoms with E-state index in [2.05, 4.69) is 12.2 Å². The number of sulfone groups is 1. The summed E-state index contributed by atoms with van der Waals surface area (Å²) in [6, 6.07) is 0.436. The van der Waals surface area contributed by atoms with E-state index in [0.29, 0.717) is 29.4 Å². The van der Waals surface area contributed by atoms with E-state index >= 15 is 0 Å². The van der Waals surface area contributed by atoms with E-state index in [0.717, 1.165) is 45.4 Å². The van der Waals surface area contributed by atoms with Gasteiger partial charge in [0.25, 0.3) is 0 Å². The SMILES string of the molecule is CCCNC(CC1CCS(=O)(=O)C1)C1CCOC1. The lowest BCUT2D eigenvalue weighted by molar-refractivity contribution is 0.172. The summed E-state index contributed by atoms with van der Waals surface area (Å²) >= 11 is 0. The van der Waals surface area contributed by atoms with Gasteiger partial charge in [0.05, 0.1) is 18.1 Å². The van der Waals surface area contributed by atoms with Crippen LogP contribution in [0.15, 0.2) is 0 Å². The summed E-state index contributed by atoms with van der Waals surface area (Å²) in [6.07, 6.45) is 4.07. The highest BCUT2D eigenvalue weighted by Gasteiger charge is 2.33. The van der Waals surface area contributed by atoms with Gasteiger partial charge < -0.3 is 10.1 Å². The lowest BCUT2D eigenvalue weighted by Crippen LogP contribution is -2.39. The molecule has 0 radical (unpaired) electrons. The van der Waals surface area contributed by atoms with Crippen molar-refractivity contribution in [2.45, 2.75) is 38.6 Å². The van der Waals surface area contributed by atoms with Crippen LogP contribution in [0.4, 0.5) is 0 Å². The molecule has 4 nitrogen and oxygen atoms in total. The van der Waals surface area contributed by atoms with Gasteiger partial charge in [-0.2, -0.15) is 0 Å². The maximum atomic E-state index is 11.5. The molecule has 0 aliphatic carbocycles. The molecule has 1 N–H and O–H groups in total. The lowest BCUT2D eigenvalue weighted by Gasteiger charge is -2.26. The van der Waals surface area contributed by atoms with Crippen molar-refractivity contribution in [3.05, 3.63) is 0 Å². The summed E-state index contributed by atoms with van der Waals surface area (Å²) in [7, 11) is -2.74. The predicted molar refractivity (Wildman–Crippen MR) is 72.4 cm³/mol. The first-order chi connectivity index (χ1) is 8.61. The van der Waals surface area contributed by atoms with Crippen LogP contribution in [0.25, 0.3) is 0 Å². The largest absolute Gasteiger partial charge is 0.381 e. The van der Waals surface area contributed by atoms with Crippen molar-refractivity contribution in [1.82, 2.24) is 5.32 Å². The maximum absolute atomic E-state index is 11.5. The maximum Gasteiger partial charge on any atom is 0.150 e. The Balaban J connectivity index is 1.88. The fourth-order valence-electron chi connectivity index (χ4n) is 3.06. The van der Waals surface area contributed by atoms with E-state index in [-0.39, 0.29) is 0 Å². The first-order valence-corrected chi connectivity index (χ1v) is 8.94. The van der Waals surface area contributed by atoms with Crippen LogP contribution in [-0.4, -0.2) is 45.7 Å². The third-order valence-corrected chi connectivity index (χ3v) is 5.94. The van der Waals surface area contributed by atoms with E-state index in [1.807, 2.05) is 0 Å². The van der Waals surface area contributed by atoms with E-state index < -0.39 is 9.84 Å². The highest BCUT2D eigenvalue weighted by Crippen LogP contribution is 2.28. The molecule has 2 saturated heterocycles. The minimum absolute atomic E-state index is 0.352. The predicted octanol–water partition coefficient (Wildman–Crippen LogP) is 1.22. The second kappa shape index (κ2) is 6.35. The smallest absolute Gasteiger partial charge is 0.150 e. The molecule has 2 fully saturated rings. The van der Waals surface area contributed by atoms with Crippen molar-refractivity contribution < 1.29 is 13.2 Å². The van der Waals surface area contributed by atoms with Crippen LogP contribution in [0.5, 0.6) is 0 Å². The fraction of sp³-hybridized carbons (Fsp3) is 1.00. The Morgan fingerprint density at radius 2 is 2.22 bits per heavy atom. The van der Waals surface area contributed by atoms with E-state index in [1.165, 1.54) is 0 Å². The summed E-state index contributed by atoms with van der Waals surface area (Å²) < 4.78 is 28.5. The Hall–Kier alpha value is -0.130. The summed E-state index contributed by atoms with van der Waals surface area (Å²) in [5.74, 6) is 1.70. The van der Waals surface area contributed by atoms with Gasteiger partial charge in [-0.25, -0.2) is 8.42 Å². The number of hydrogen-bond donors (Lipinski definition) is 1. The van der Waals surface area contributed by atoms with Crippen LogP contribution in [0.1, 0.15) is 32.6 Å². The first kappa shape index (κ1) is 14.3. The van der Waals surface area contributed by atoms with Gasteiger partial charge in [-0.15, -0.1) is 0 Å². The zero-order valence-electron chi connectivity index (χ0n) is 11.2. The molecular weight excluding hydrogens is 250 g/mol. The molecule has 0 spiro atoms. The average Bonchev–Trinajstić information content (AvgIpc) is 2.94. The van der Waals surface area contributed by atoms with Gasteiger partial charge in [-0.3, -0.25) is 0 Å². The van der Waals surface area contributed by atoms with Crippen molar-refractivity contribution >= 4 is 9.84 Å². The van der Waals surface area contributed by atoms with Crippen molar-refractivity contribution in [3.8, 4) is 0 Å². The van der Waals surface area contributed by atoms with Crippen LogP contribution in [-0.2, 0) is 14.6 Å². The Bertz CT molecular complexity index is 349. The molecule has 0 aromatic carbocycles. The molecule has 3 unspecified atom stereocenters. The van der Waals surface area contributed by atoms with E-state index in [9.17, 15) is 8.42 Å². The minimum Gasteiger partial charge on any atom is -0.381 e. The molecule has 0 bridgehead atoms. The van der Waals surface area contributed by atoms with Crippen molar-refractivity contribution in [2.75, 3.05) is 31.3 Å². The zero-order valence-corrected chi connectivity index (χ0v) is 12.0. The average molecular weight is 275 g/mol. The molecule has 0 saturated carbocycles. The van der Waals surface area contributed by atoms with Gasteiger partial charge >= 0.3 is 0 Å². The molecule has 0 aromatic rings. The summed E-state index contributed by atoms with van der Waals surface area (Å²) in [6.45, 7) is 4.87. The van der Waals surface area contributed by atoms with Crippen LogP contribution in [0.3, 0.4) is 0 Å². The van der Waals surface area contributed by atoms with Gasteiger partial charge in [-0.05, 0) is 44.1 Å². The van der Waals surface area contributed by atoms with E-state index in [4.69, 9.17) is 4.74 Å². The van der Waals surface area contributed by atoms with Crippen LogP contribution >= 0.6 is 0 Å². The third kappa shape index (κ3) is 3.93. The summed E-state index contributed by atoms with van der Waals surface area (Å²) in [5, 5.41) is 3.59. The molecule has 2 heterocycles. The summed E-state index contributed by atoms with van der Waals surface area (Å²) in [4.78, 5) is 0. The number of ether oxygens (including phenoxy) is 1. The molecule has 18 heavy (non-hydrogen) atoms. The van der Waals surface area contributed by atoms with Gasteiger partial charge in [0, 0.05) is 12.6 Å². The zero-order chi connectivity index (χ0) is 13.0. The van der Waals surface area contributed by atoms with E-state index in [1.54, 1.807) is 0 Å². The fourth-order valence-corrected chi connectivity index (χ4v) is 4.94. The minimum atomic E-state index is -2.74. The highest BCUT2D eigenvalue weighted by molar-refractivity contribution is 7.91. The second-order valence-electron chi connectivity index (χ2n) is 5.69. The lowest BCUT2D eigenvalue weighted by atomic mass is 9.89. The molecule has 2 aliphatic rings. The molecule has 2 aliphatic heterocycles. The van der Waals surface area contributed by atoms with Gasteiger partial charge in [-0.1, -0.05) is 6.92 Å². The van der Waals surface area contributed by atoms with Gasteiger partial charge in [0.1, 0.15) is 0 Å². The standard InChI is InChI=1S/C13H25NO3S/c1-2-5-14-13(12-3-6-17-9-12)8-11-4-7-18(15,16)10-11/h11-14H,2-10H2,1H3. The molecule has 5 heteroatoms. The number of rotatable bonds is 6. The van der Waals surface area contributed by atoms with Crippen LogP contribution < -0.4 is 5.32 Å². The number of hydrogen-bond acceptors (Lipinski definition) is 4. The first-order valence-electron chi connectivity index (χ1n) is 7.12. The molecule has 0 aromatic heterocycles. The quantitative estimate of drug-likeness (QED) is 0.792. The molecule has 0 amide bonds. The molecular formula is C13H25NO3S. The van der Waals surface area contributed by atoms with Gasteiger partial charge in [0.2, 0.25) is 0 Å². The normalized spacial score (nSPS) is 32.7. The Labute approximate surface area is 110 Å². The Kier molecular flexibility index (Phi) is 5.04. The van der Waals surface area contributed by atoms with Crippen molar-refractivity contribution in [2.24, 2.45) is 11.8 Å². The molecule has 3 atom stereocenters. The summed E-state index contributed by atoms with van der Waals surface area (Å²) in [5.41, 5.74) is 0. The Morgan fingerprint density at radius 1 is 1.39 bits per heavy atom. The molecule has 2 rings (SSSR count). The molecule has 106 valence electrons. The Morgan fingerprint density at radius 3 is 2.78 bits per heavy atom.